The third kappa shape index (κ3) is 6.86. The third-order valence-electron chi connectivity index (χ3n) is 4.14. The summed E-state index contributed by atoms with van der Waals surface area (Å²) in [5.41, 5.74) is 3.10. The van der Waals surface area contributed by atoms with Crippen LogP contribution in [0, 0.1) is 0 Å². The lowest BCUT2D eigenvalue weighted by Crippen LogP contribution is -2.24. The predicted molar refractivity (Wildman–Crippen MR) is 127 cm³/mol. The zero-order valence-electron chi connectivity index (χ0n) is 17.2. The average molecular weight is 508 g/mol. The quantitative estimate of drug-likeness (QED) is 0.191. The number of para-hydroxylation sites is 1. The Hall–Kier alpha value is -3.26. The molecule has 0 aliphatic carbocycles. The molecule has 0 heterocycles. The normalized spacial score (nSPS) is 10.7. The van der Waals surface area contributed by atoms with E-state index in [1.807, 2.05) is 0 Å². The number of nitrogens with zero attached hydrogens (tertiary/aromatic N) is 1. The van der Waals surface area contributed by atoms with Crippen molar-refractivity contribution in [1.29, 1.82) is 0 Å². The van der Waals surface area contributed by atoms with Crippen LogP contribution in [0.1, 0.15) is 15.9 Å². The van der Waals surface area contributed by atoms with Crippen molar-refractivity contribution in [2.24, 2.45) is 5.10 Å². The lowest BCUT2D eigenvalue weighted by Gasteiger charge is -2.10. The van der Waals surface area contributed by atoms with Crippen LogP contribution >= 0.6 is 34.8 Å². The number of methoxy groups -OCH3 is 1. The summed E-state index contributed by atoms with van der Waals surface area (Å²) in [5, 5.41) is 4.86. The van der Waals surface area contributed by atoms with Gasteiger partial charge in [0.05, 0.1) is 28.9 Å². The molecule has 7 nitrogen and oxygen atoms in total. The molecule has 0 aliphatic heterocycles. The fourth-order valence-corrected chi connectivity index (χ4v) is 3.25. The first kappa shape index (κ1) is 24.4. The average Bonchev–Trinajstić information content (AvgIpc) is 2.79. The zero-order valence-corrected chi connectivity index (χ0v) is 19.4. The molecule has 1 amide bonds. The Morgan fingerprint density at radius 3 is 2.45 bits per heavy atom. The van der Waals surface area contributed by atoms with Gasteiger partial charge in [0.1, 0.15) is 5.75 Å². The minimum absolute atomic E-state index is 0.162. The number of amides is 1. The fraction of sp³-hybridized carbons (Fsp3) is 0.0870. The molecule has 0 unspecified atom stereocenters. The van der Waals surface area contributed by atoms with E-state index in [-0.39, 0.29) is 28.7 Å². The van der Waals surface area contributed by atoms with Crippen molar-refractivity contribution >= 4 is 52.9 Å². The van der Waals surface area contributed by atoms with E-state index < -0.39 is 11.9 Å². The standard InChI is InChI=1S/C23H17Cl3N2O5/c1-31-21-10-14(12-27-28-22(29)13-32-19-5-3-2-4-17(19)25)6-9-20(21)33-23(30)16-8-7-15(24)11-18(16)26/h2-12H,13H2,1H3,(H,28,29). The molecule has 0 aliphatic rings. The van der Waals surface area contributed by atoms with Crippen LogP contribution in [0.25, 0.3) is 0 Å². The SMILES string of the molecule is COc1cc(C=NNC(=O)COc2ccccc2Cl)ccc1OC(=O)c1ccc(Cl)cc1Cl. The van der Waals surface area contributed by atoms with Gasteiger partial charge in [0.2, 0.25) is 0 Å². The minimum atomic E-state index is -0.665. The highest BCUT2D eigenvalue weighted by Gasteiger charge is 2.16. The van der Waals surface area contributed by atoms with Gasteiger partial charge in [-0.05, 0) is 54.1 Å². The molecular formula is C23H17Cl3N2O5. The van der Waals surface area contributed by atoms with Crippen molar-refractivity contribution in [2.45, 2.75) is 0 Å². The highest BCUT2D eigenvalue weighted by molar-refractivity contribution is 6.36. The van der Waals surface area contributed by atoms with E-state index in [0.29, 0.717) is 21.4 Å². The smallest absolute Gasteiger partial charge is 0.345 e. The van der Waals surface area contributed by atoms with Crippen molar-refractivity contribution < 1.29 is 23.8 Å². The number of nitrogens with one attached hydrogen (secondary N) is 1. The van der Waals surface area contributed by atoms with Crippen molar-refractivity contribution in [1.82, 2.24) is 5.43 Å². The molecule has 3 rings (SSSR count). The Morgan fingerprint density at radius 1 is 0.939 bits per heavy atom. The Bertz CT molecular complexity index is 1200. The van der Waals surface area contributed by atoms with E-state index in [1.165, 1.54) is 37.6 Å². The van der Waals surface area contributed by atoms with Gasteiger partial charge < -0.3 is 14.2 Å². The van der Waals surface area contributed by atoms with Crippen LogP contribution in [-0.4, -0.2) is 31.8 Å². The first-order chi connectivity index (χ1) is 15.9. The summed E-state index contributed by atoms with van der Waals surface area (Å²) in [7, 11) is 1.43. The first-order valence-electron chi connectivity index (χ1n) is 9.42. The van der Waals surface area contributed by atoms with E-state index in [2.05, 4.69) is 10.5 Å². The maximum atomic E-state index is 12.4. The highest BCUT2D eigenvalue weighted by Crippen LogP contribution is 2.30. The van der Waals surface area contributed by atoms with Gasteiger partial charge in [-0.2, -0.15) is 5.10 Å². The largest absolute Gasteiger partial charge is 0.493 e. The number of halogens is 3. The Morgan fingerprint density at radius 2 is 1.73 bits per heavy atom. The number of hydrogen-bond acceptors (Lipinski definition) is 6. The van der Waals surface area contributed by atoms with Crippen molar-refractivity contribution in [3.05, 3.63) is 86.9 Å². The zero-order chi connectivity index (χ0) is 23.8. The second-order valence-electron chi connectivity index (χ2n) is 6.44. The van der Waals surface area contributed by atoms with Crippen LogP contribution in [0.3, 0.4) is 0 Å². The summed E-state index contributed by atoms with van der Waals surface area (Å²) in [6.07, 6.45) is 1.40. The van der Waals surface area contributed by atoms with Crippen molar-refractivity contribution in [3.63, 3.8) is 0 Å². The Labute approximate surface area is 204 Å². The molecule has 0 spiro atoms. The molecule has 0 saturated heterocycles. The molecule has 1 N–H and O–H groups in total. The van der Waals surface area contributed by atoms with Crippen LogP contribution < -0.4 is 19.6 Å². The van der Waals surface area contributed by atoms with Gasteiger partial charge >= 0.3 is 5.97 Å². The summed E-state index contributed by atoms with van der Waals surface area (Å²) >= 11 is 17.9. The number of rotatable bonds is 8. The van der Waals surface area contributed by atoms with Crippen LogP contribution in [0.15, 0.2) is 65.8 Å². The predicted octanol–water partition coefficient (Wildman–Crippen LogP) is 5.40. The number of carbonyl (C=O) groups excluding carboxylic acids is 2. The molecular weight excluding hydrogens is 491 g/mol. The molecule has 0 aromatic heterocycles. The lowest BCUT2D eigenvalue weighted by atomic mass is 10.2. The molecule has 0 atom stereocenters. The Balaban J connectivity index is 1.59. The van der Waals surface area contributed by atoms with E-state index in [9.17, 15) is 9.59 Å². The second kappa shape index (κ2) is 11.6. The molecule has 0 radical (unpaired) electrons. The minimum Gasteiger partial charge on any atom is -0.493 e. The monoisotopic (exact) mass is 506 g/mol. The molecule has 0 saturated carbocycles. The summed E-state index contributed by atoms with van der Waals surface area (Å²) in [6, 6.07) is 16.0. The van der Waals surface area contributed by atoms with Gasteiger partial charge in [-0.3, -0.25) is 4.79 Å². The number of ether oxygens (including phenoxy) is 3. The first-order valence-corrected chi connectivity index (χ1v) is 10.5. The lowest BCUT2D eigenvalue weighted by molar-refractivity contribution is -0.123. The van der Waals surface area contributed by atoms with Crippen LogP contribution in [0.4, 0.5) is 0 Å². The number of hydrazone groups is 1. The van der Waals surface area contributed by atoms with Crippen molar-refractivity contribution in [2.75, 3.05) is 13.7 Å². The van der Waals surface area contributed by atoms with Gasteiger partial charge in [-0.15, -0.1) is 0 Å². The van der Waals surface area contributed by atoms with Crippen molar-refractivity contribution in [3.8, 4) is 17.2 Å². The summed E-state index contributed by atoms with van der Waals surface area (Å²) < 4.78 is 16.0. The molecule has 3 aromatic carbocycles. The highest BCUT2D eigenvalue weighted by atomic mass is 35.5. The fourth-order valence-electron chi connectivity index (χ4n) is 2.57. The summed E-state index contributed by atoms with van der Waals surface area (Å²) in [5.74, 6) is -0.271. The molecule has 170 valence electrons. The summed E-state index contributed by atoms with van der Waals surface area (Å²) in [6.45, 7) is -0.257. The Kier molecular flexibility index (Phi) is 8.54. The van der Waals surface area contributed by atoms with E-state index in [1.54, 1.807) is 36.4 Å². The van der Waals surface area contributed by atoms with Gasteiger partial charge in [-0.25, -0.2) is 10.2 Å². The molecule has 0 fully saturated rings. The van der Waals surface area contributed by atoms with Gasteiger partial charge in [0.15, 0.2) is 18.1 Å². The van der Waals surface area contributed by atoms with E-state index >= 15 is 0 Å². The summed E-state index contributed by atoms with van der Waals surface area (Å²) in [4.78, 5) is 24.3. The number of esters is 1. The van der Waals surface area contributed by atoms with Gasteiger partial charge in [-0.1, -0.05) is 46.9 Å². The van der Waals surface area contributed by atoms with Gasteiger partial charge in [0, 0.05) is 5.02 Å². The molecule has 10 heteroatoms. The number of benzene rings is 3. The maximum absolute atomic E-state index is 12.4. The second-order valence-corrected chi connectivity index (χ2v) is 7.69. The topological polar surface area (TPSA) is 86.2 Å². The van der Waals surface area contributed by atoms with Crippen LogP contribution in [-0.2, 0) is 4.79 Å². The molecule has 3 aromatic rings. The van der Waals surface area contributed by atoms with E-state index in [4.69, 9.17) is 49.0 Å². The maximum Gasteiger partial charge on any atom is 0.345 e. The molecule has 33 heavy (non-hydrogen) atoms. The number of carbonyl (C=O) groups is 2. The van der Waals surface area contributed by atoms with Crippen LogP contribution in [0.5, 0.6) is 17.2 Å². The van der Waals surface area contributed by atoms with Gasteiger partial charge in [0.25, 0.3) is 5.91 Å². The van der Waals surface area contributed by atoms with E-state index in [0.717, 1.165) is 0 Å². The molecule has 0 bridgehead atoms. The third-order valence-corrected chi connectivity index (χ3v) is 5.00. The van der Waals surface area contributed by atoms with Crippen LogP contribution in [0.2, 0.25) is 15.1 Å². The number of hydrogen-bond donors (Lipinski definition) is 1.